The van der Waals surface area contributed by atoms with Gasteiger partial charge in [0.25, 0.3) is 0 Å². The summed E-state index contributed by atoms with van der Waals surface area (Å²) in [5.74, 6) is -1.68. The Hall–Kier alpha value is -0.350. The molecule has 0 aliphatic rings. The van der Waals surface area contributed by atoms with Crippen LogP contribution in [0.5, 0.6) is 0 Å². The molecule has 0 aromatic carbocycles. The molecule has 0 fully saturated rings. The molecular formula is C8H15F5. The molecule has 0 saturated carbocycles. The Bertz CT molecular complexity index is 108. The van der Waals surface area contributed by atoms with Gasteiger partial charge in [-0.2, -0.15) is 13.2 Å². The van der Waals surface area contributed by atoms with Crippen LogP contribution in [-0.4, -0.2) is 12.6 Å². The van der Waals surface area contributed by atoms with Gasteiger partial charge in [-0.15, -0.1) is 0 Å². The SMILES string of the molecule is CC(C)C(F)(F)F.CC(C)C(F)F. The predicted octanol–water partition coefficient (Wildman–Crippen LogP) is 4.11. The number of alkyl halides is 5. The second kappa shape index (κ2) is 6.16. The van der Waals surface area contributed by atoms with Crippen LogP contribution in [0.15, 0.2) is 0 Å². The van der Waals surface area contributed by atoms with E-state index >= 15 is 0 Å². The Morgan fingerprint density at radius 1 is 0.846 bits per heavy atom. The van der Waals surface area contributed by atoms with Crippen molar-refractivity contribution in [1.29, 1.82) is 0 Å². The quantitative estimate of drug-likeness (QED) is 0.566. The highest BCUT2D eigenvalue weighted by molar-refractivity contribution is 4.52. The van der Waals surface area contributed by atoms with Crippen LogP contribution in [-0.2, 0) is 0 Å². The first-order valence-electron chi connectivity index (χ1n) is 3.93. The third-order valence-electron chi connectivity index (χ3n) is 1.16. The summed E-state index contributed by atoms with van der Waals surface area (Å²) in [6.45, 7) is 5.23. The zero-order chi connectivity index (χ0) is 11.2. The molecule has 0 rings (SSSR count). The first-order chi connectivity index (χ1) is 5.59. The minimum atomic E-state index is -4.00. The third kappa shape index (κ3) is 11.7. The maximum atomic E-state index is 11.2. The molecule has 0 heterocycles. The van der Waals surface area contributed by atoms with Gasteiger partial charge in [0, 0.05) is 11.8 Å². The van der Waals surface area contributed by atoms with Crippen molar-refractivity contribution in [3.05, 3.63) is 0 Å². The summed E-state index contributed by atoms with van der Waals surface area (Å²) in [6, 6.07) is 0. The molecule has 0 spiro atoms. The highest BCUT2D eigenvalue weighted by Crippen LogP contribution is 2.24. The summed E-state index contributed by atoms with van der Waals surface area (Å²) in [5.41, 5.74) is 0. The summed E-state index contributed by atoms with van der Waals surface area (Å²) in [5, 5.41) is 0. The summed E-state index contributed by atoms with van der Waals surface area (Å²) in [4.78, 5) is 0. The minimum absolute atomic E-state index is 0.481. The van der Waals surface area contributed by atoms with E-state index in [1.165, 1.54) is 13.8 Å². The maximum absolute atomic E-state index is 11.2. The van der Waals surface area contributed by atoms with Gasteiger partial charge in [0.1, 0.15) is 0 Å². The summed E-state index contributed by atoms with van der Waals surface area (Å²) in [7, 11) is 0. The van der Waals surface area contributed by atoms with E-state index < -0.39 is 24.4 Å². The predicted molar refractivity (Wildman–Crippen MR) is 41.7 cm³/mol. The molecule has 0 nitrogen and oxygen atoms in total. The van der Waals surface area contributed by atoms with Crippen molar-refractivity contribution in [3.63, 3.8) is 0 Å². The van der Waals surface area contributed by atoms with Crippen molar-refractivity contribution in [2.45, 2.75) is 40.3 Å². The van der Waals surface area contributed by atoms with Crippen LogP contribution in [0.25, 0.3) is 0 Å². The van der Waals surface area contributed by atoms with E-state index in [1.807, 2.05) is 0 Å². The third-order valence-corrected chi connectivity index (χ3v) is 1.16. The van der Waals surface area contributed by atoms with Crippen molar-refractivity contribution in [2.24, 2.45) is 11.8 Å². The molecule has 0 aromatic rings. The molecule has 0 atom stereocenters. The molecule has 0 aliphatic carbocycles. The van der Waals surface area contributed by atoms with Gasteiger partial charge in [-0.3, -0.25) is 0 Å². The van der Waals surface area contributed by atoms with Crippen LogP contribution in [0.2, 0.25) is 0 Å². The molecule has 0 aromatic heterocycles. The molecule has 0 radical (unpaired) electrons. The van der Waals surface area contributed by atoms with Gasteiger partial charge < -0.3 is 0 Å². The van der Waals surface area contributed by atoms with E-state index in [0.29, 0.717) is 0 Å². The smallest absolute Gasteiger partial charge is 0.210 e. The van der Waals surface area contributed by atoms with E-state index in [4.69, 9.17) is 0 Å². The number of hydrogen-bond acceptors (Lipinski definition) is 0. The van der Waals surface area contributed by atoms with E-state index in [9.17, 15) is 22.0 Å². The van der Waals surface area contributed by atoms with Gasteiger partial charge >= 0.3 is 6.18 Å². The maximum Gasteiger partial charge on any atom is 0.391 e. The first-order valence-corrected chi connectivity index (χ1v) is 3.93. The number of hydrogen-bond donors (Lipinski definition) is 0. The van der Waals surface area contributed by atoms with Crippen LogP contribution in [0.1, 0.15) is 27.7 Å². The highest BCUT2D eigenvalue weighted by Gasteiger charge is 2.31. The molecular weight excluding hydrogens is 191 g/mol. The monoisotopic (exact) mass is 206 g/mol. The van der Waals surface area contributed by atoms with Crippen LogP contribution in [0.4, 0.5) is 22.0 Å². The fourth-order valence-corrected chi connectivity index (χ4v) is 0. The van der Waals surface area contributed by atoms with Crippen LogP contribution in [0, 0.1) is 11.8 Å². The van der Waals surface area contributed by atoms with Gasteiger partial charge in [-0.25, -0.2) is 8.78 Å². The van der Waals surface area contributed by atoms with Crippen molar-refractivity contribution in [1.82, 2.24) is 0 Å². The van der Waals surface area contributed by atoms with Gasteiger partial charge in [-0.05, 0) is 0 Å². The van der Waals surface area contributed by atoms with Crippen LogP contribution < -0.4 is 0 Å². The lowest BCUT2D eigenvalue weighted by Gasteiger charge is -2.07. The van der Waals surface area contributed by atoms with Crippen molar-refractivity contribution < 1.29 is 22.0 Å². The second-order valence-electron chi connectivity index (χ2n) is 3.27. The van der Waals surface area contributed by atoms with E-state index in [1.54, 1.807) is 0 Å². The molecule has 0 bridgehead atoms. The van der Waals surface area contributed by atoms with Gasteiger partial charge in [0.2, 0.25) is 6.43 Å². The zero-order valence-corrected chi connectivity index (χ0v) is 8.12. The fraction of sp³-hybridized carbons (Fsp3) is 1.00. The van der Waals surface area contributed by atoms with E-state index in [-0.39, 0.29) is 0 Å². The van der Waals surface area contributed by atoms with Crippen molar-refractivity contribution in [2.75, 3.05) is 0 Å². The Balaban J connectivity index is 0. The summed E-state index contributed by atoms with van der Waals surface area (Å²) in [6.07, 6.45) is -6.15. The highest BCUT2D eigenvalue weighted by atomic mass is 19.4. The first kappa shape index (κ1) is 15.1. The topological polar surface area (TPSA) is 0 Å². The largest absolute Gasteiger partial charge is 0.391 e. The van der Waals surface area contributed by atoms with Gasteiger partial charge in [0.05, 0.1) is 0 Å². The van der Waals surface area contributed by atoms with E-state index in [0.717, 1.165) is 13.8 Å². The fourth-order valence-electron chi connectivity index (χ4n) is 0. The molecule has 0 N–H and O–H groups in total. The lowest BCUT2D eigenvalue weighted by molar-refractivity contribution is -0.164. The average Bonchev–Trinajstić information content (AvgIpc) is 1.86. The second-order valence-corrected chi connectivity index (χ2v) is 3.27. The Kier molecular flexibility index (Phi) is 7.17. The molecule has 0 amide bonds. The molecule has 0 saturated heterocycles. The zero-order valence-electron chi connectivity index (χ0n) is 8.12. The Labute approximate surface area is 75.1 Å². The summed E-state index contributed by atoms with van der Waals surface area (Å²) < 4.78 is 55.8. The lowest BCUT2D eigenvalue weighted by atomic mass is 10.2. The Morgan fingerprint density at radius 2 is 1.00 bits per heavy atom. The average molecular weight is 206 g/mol. The van der Waals surface area contributed by atoms with Crippen molar-refractivity contribution in [3.8, 4) is 0 Å². The molecule has 82 valence electrons. The molecule has 5 heteroatoms. The Morgan fingerprint density at radius 3 is 1.00 bits per heavy atom. The number of rotatable bonds is 1. The standard InChI is InChI=1S/C4H7F3.C4H8F2/c1-3(2)4(5,6)7;1-3(2)4(5)6/h3H,1-2H3;3-4H,1-2H3. The van der Waals surface area contributed by atoms with Gasteiger partial charge in [-0.1, -0.05) is 27.7 Å². The lowest BCUT2D eigenvalue weighted by Crippen LogP contribution is -2.15. The molecule has 0 unspecified atom stereocenters. The summed E-state index contributed by atoms with van der Waals surface area (Å²) >= 11 is 0. The van der Waals surface area contributed by atoms with Crippen LogP contribution >= 0.6 is 0 Å². The number of halogens is 5. The van der Waals surface area contributed by atoms with Gasteiger partial charge in [0.15, 0.2) is 0 Å². The molecule has 0 aliphatic heterocycles. The van der Waals surface area contributed by atoms with E-state index in [2.05, 4.69) is 0 Å². The van der Waals surface area contributed by atoms with Crippen molar-refractivity contribution >= 4 is 0 Å². The minimum Gasteiger partial charge on any atom is -0.210 e. The molecule has 13 heavy (non-hydrogen) atoms. The van der Waals surface area contributed by atoms with Crippen LogP contribution in [0.3, 0.4) is 0 Å². The normalized spacial score (nSPS) is 12.0.